The number of carbonyl (C=O) groups is 1. The number of nitriles is 1. The van der Waals surface area contributed by atoms with Gasteiger partial charge in [0.05, 0.1) is 5.92 Å². The zero-order chi connectivity index (χ0) is 14.4. The minimum atomic E-state index is -0.757. The van der Waals surface area contributed by atoms with E-state index in [2.05, 4.69) is 11.4 Å². The average Bonchev–Trinajstić information content (AvgIpc) is 2.67. The number of hydrogen-bond acceptors (Lipinski definition) is 3. The molecule has 1 heterocycles. The molecule has 1 aromatic heterocycles. The summed E-state index contributed by atoms with van der Waals surface area (Å²) in [6, 6.07) is 3.91. The van der Waals surface area contributed by atoms with Crippen LogP contribution in [0.5, 0.6) is 0 Å². The number of nitrogens with one attached hydrogen (secondary N) is 1. The number of aliphatic carboxylic acids is 1. The number of carboxylic acids is 1. The van der Waals surface area contributed by atoms with Crippen molar-refractivity contribution >= 4 is 5.97 Å². The van der Waals surface area contributed by atoms with E-state index < -0.39 is 5.97 Å². The molecule has 0 bridgehead atoms. The van der Waals surface area contributed by atoms with Crippen molar-refractivity contribution in [2.45, 2.75) is 26.8 Å². The van der Waals surface area contributed by atoms with E-state index in [-0.39, 0.29) is 5.92 Å². The molecule has 2 N–H and O–H groups in total. The van der Waals surface area contributed by atoms with Gasteiger partial charge in [0, 0.05) is 26.3 Å². The van der Waals surface area contributed by atoms with Gasteiger partial charge in [0.2, 0.25) is 0 Å². The van der Waals surface area contributed by atoms with Crippen LogP contribution in [0.2, 0.25) is 0 Å². The highest BCUT2D eigenvalue weighted by atomic mass is 16.4. The van der Waals surface area contributed by atoms with Gasteiger partial charge in [-0.3, -0.25) is 4.79 Å². The van der Waals surface area contributed by atoms with Crippen molar-refractivity contribution in [3.63, 3.8) is 0 Å². The van der Waals surface area contributed by atoms with Crippen LogP contribution in [-0.4, -0.2) is 22.2 Å². The first-order valence-corrected chi connectivity index (χ1v) is 6.43. The van der Waals surface area contributed by atoms with Crippen LogP contribution < -0.4 is 5.32 Å². The largest absolute Gasteiger partial charge is 0.481 e. The second-order valence-corrected chi connectivity index (χ2v) is 5.25. The van der Waals surface area contributed by atoms with Crippen molar-refractivity contribution in [2.75, 3.05) is 6.54 Å². The van der Waals surface area contributed by atoms with Crippen molar-refractivity contribution in [1.29, 1.82) is 5.26 Å². The third-order valence-electron chi connectivity index (χ3n) is 3.00. The zero-order valence-electron chi connectivity index (χ0n) is 11.7. The lowest BCUT2D eigenvalue weighted by molar-refractivity contribution is -0.142. The third kappa shape index (κ3) is 4.76. The van der Waals surface area contributed by atoms with E-state index in [4.69, 9.17) is 10.4 Å². The molecule has 0 fully saturated rings. The van der Waals surface area contributed by atoms with Gasteiger partial charge in [0.15, 0.2) is 0 Å². The molecule has 19 heavy (non-hydrogen) atoms. The molecule has 1 aromatic rings. The molecule has 0 aromatic carbocycles. The Labute approximate surface area is 113 Å². The Hall–Kier alpha value is -1.80. The highest BCUT2D eigenvalue weighted by Gasteiger charge is 2.18. The fraction of sp³-hybridized carbons (Fsp3) is 0.571. The summed E-state index contributed by atoms with van der Waals surface area (Å²) in [5, 5.41) is 21.1. The molecule has 0 spiro atoms. The van der Waals surface area contributed by atoms with Gasteiger partial charge in [0.1, 0.15) is 11.8 Å². The standard InChI is InChI=1S/C14H21N3O2/c1-10(2)4-12(14(18)19)8-16-7-11-5-13(6-15)17(3)9-11/h5,9-10,12,16H,4,7-8H2,1-3H3,(H,18,19). The summed E-state index contributed by atoms with van der Waals surface area (Å²) < 4.78 is 1.76. The number of rotatable bonds is 7. The molecule has 0 radical (unpaired) electrons. The van der Waals surface area contributed by atoms with Crippen LogP contribution in [0.15, 0.2) is 12.3 Å². The Balaban J connectivity index is 2.47. The smallest absolute Gasteiger partial charge is 0.307 e. The minimum Gasteiger partial charge on any atom is -0.481 e. The van der Waals surface area contributed by atoms with Crippen LogP contribution in [0.4, 0.5) is 0 Å². The fourth-order valence-electron chi connectivity index (χ4n) is 2.07. The van der Waals surface area contributed by atoms with Gasteiger partial charge in [-0.1, -0.05) is 13.8 Å². The minimum absolute atomic E-state index is 0.362. The monoisotopic (exact) mass is 263 g/mol. The number of hydrogen-bond donors (Lipinski definition) is 2. The van der Waals surface area contributed by atoms with Crippen LogP contribution in [0.3, 0.4) is 0 Å². The van der Waals surface area contributed by atoms with Gasteiger partial charge in [-0.05, 0) is 24.0 Å². The molecule has 1 atom stereocenters. The molecular weight excluding hydrogens is 242 g/mol. The maximum atomic E-state index is 11.1. The normalized spacial score (nSPS) is 12.4. The molecule has 0 saturated carbocycles. The van der Waals surface area contributed by atoms with E-state index in [0.29, 0.717) is 31.1 Å². The molecule has 1 unspecified atom stereocenters. The Morgan fingerprint density at radius 1 is 1.58 bits per heavy atom. The number of nitrogens with zero attached hydrogens (tertiary/aromatic N) is 2. The summed E-state index contributed by atoms with van der Waals surface area (Å²) in [5.41, 5.74) is 1.60. The first-order chi connectivity index (χ1) is 8.93. The Kier molecular flexibility index (Phi) is 5.58. The molecule has 5 heteroatoms. The molecule has 0 amide bonds. The van der Waals surface area contributed by atoms with Gasteiger partial charge in [-0.2, -0.15) is 5.26 Å². The van der Waals surface area contributed by atoms with Gasteiger partial charge >= 0.3 is 5.97 Å². The molecular formula is C14H21N3O2. The summed E-state index contributed by atoms with van der Waals surface area (Å²) in [5.74, 6) is -0.754. The first kappa shape index (κ1) is 15.3. The van der Waals surface area contributed by atoms with Gasteiger partial charge in [-0.25, -0.2) is 0 Å². The zero-order valence-corrected chi connectivity index (χ0v) is 11.7. The quantitative estimate of drug-likeness (QED) is 0.785. The van der Waals surface area contributed by atoms with E-state index >= 15 is 0 Å². The number of carboxylic acid groups (broad SMARTS) is 1. The van der Waals surface area contributed by atoms with E-state index in [9.17, 15) is 4.79 Å². The molecule has 0 saturated heterocycles. The molecule has 1 rings (SSSR count). The summed E-state index contributed by atoms with van der Waals surface area (Å²) in [4.78, 5) is 11.1. The lowest BCUT2D eigenvalue weighted by atomic mass is 9.97. The second kappa shape index (κ2) is 6.95. The Morgan fingerprint density at radius 3 is 2.74 bits per heavy atom. The topological polar surface area (TPSA) is 78.0 Å². The van der Waals surface area contributed by atoms with Gasteiger partial charge in [-0.15, -0.1) is 0 Å². The average molecular weight is 263 g/mol. The van der Waals surface area contributed by atoms with Gasteiger partial charge in [0.25, 0.3) is 0 Å². The highest BCUT2D eigenvalue weighted by molar-refractivity contribution is 5.70. The van der Waals surface area contributed by atoms with Crippen molar-refractivity contribution in [2.24, 2.45) is 18.9 Å². The fourth-order valence-corrected chi connectivity index (χ4v) is 2.07. The van der Waals surface area contributed by atoms with Gasteiger partial charge < -0.3 is 15.0 Å². The summed E-state index contributed by atoms with van der Waals surface area (Å²) in [6.45, 7) is 5.07. The first-order valence-electron chi connectivity index (χ1n) is 6.43. The summed E-state index contributed by atoms with van der Waals surface area (Å²) in [6.07, 6.45) is 2.55. The van der Waals surface area contributed by atoms with E-state index in [1.807, 2.05) is 33.2 Å². The Morgan fingerprint density at radius 2 is 2.26 bits per heavy atom. The number of aromatic nitrogens is 1. The molecule has 0 aliphatic heterocycles. The third-order valence-corrected chi connectivity index (χ3v) is 3.00. The predicted octanol–water partition coefficient (Wildman–Crippen LogP) is 1.73. The van der Waals surface area contributed by atoms with Crippen LogP contribution in [0.25, 0.3) is 0 Å². The van der Waals surface area contributed by atoms with Crippen molar-refractivity contribution in [1.82, 2.24) is 9.88 Å². The molecule has 0 aliphatic rings. The van der Waals surface area contributed by atoms with E-state index in [0.717, 1.165) is 5.56 Å². The summed E-state index contributed by atoms with van der Waals surface area (Å²) in [7, 11) is 1.82. The molecule has 104 valence electrons. The maximum Gasteiger partial charge on any atom is 0.307 e. The van der Waals surface area contributed by atoms with Crippen LogP contribution in [0.1, 0.15) is 31.5 Å². The van der Waals surface area contributed by atoms with Crippen LogP contribution in [0, 0.1) is 23.2 Å². The maximum absolute atomic E-state index is 11.1. The number of aryl methyl sites for hydroxylation is 1. The van der Waals surface area contributed by atoms with Crippen LogP contribution >= 0.6 is 0 Å². The van der Waals surface area contributed by atoms with Crippen molar-refractivity contribution in [3.8, 4) is 6.07 Å². The summed E-state index contributed by atoms with van der Waals surface area (Å²) >= 11 is 0. The highest BCUT2D eigenvalue weighted by Crippen LogP contribution is 2.12. The predicted molar refractivity (Wildman–Crippen MR) is 72.4 cm³/mol. The molecule has 5 nitrogen and oxygen atoms in total. The second-order valence-electron chi connectivity index (χ2n) is 5.25. The van der Waals surface area contributed by atoms with E-state index in [1.54, 1.807) is 4.57 Å². The lowest BCUT2D eigenvalue weighted by Crippen LogP contribution is -2.29. The SMILES string of the molecule is CC(C)CC(CNCc1cc(C#N)n(C)c1)C(=O)O. The molecule has 0 aliphatic carbocycles. The van der Waals surface area contributed by atoms with Crippen molar-refractivity contribution in [3.05, 3.63) is 23.5 Å². The Bertz CT molecular complexity index is 472. The van der Waals surface area contributed by atoms with Crippen LogP contribution in [-0.2, 0) is 18.4 Å². The van der Waals surface area contributed by atoms with Crippen molar-refractivity contribution < 1.29 is 9.90 Å². The van der Waals surface area contributed by atoms with E-state index in [1.165, 1.54) is 0 Å². The lowest BCUT2D eigenvalue weighted by Gasteiger charge is -2.15.